The zero-order chi connectivity index (χ0) is 11.4. The minimum absolute atomic E-state index is 0.409. The Morgan fingerprint density at radius 3 is 3.00 bits per heavy atom. The van der Waals surface area contributed by atoms with Crippen LogP contribution in [-0.2, 0) is 6.54 Å². The molecule has 1 aromatic heterocycles. The number of anilines is 2. The fraction of sp³-hybridized carbons (Fsp3) is 0.200. The molecule has 16 heavy (non-hydrogen) atoms. The van der Waals surface area contributed by atoms with Crippen LogP contribution in [0.2, 0.25) is 0 Å². The third-order valence-electron chi connectivity index (χ3n) is 1.87. The lowest BCUT2D eigenvalue weighted by atomic mass is 10.3. The molecule has 0 saturated heterocycles. The average Bonchev–Trinajstić information content (AvgIpc) is 2.66. The molecule has 5 nitrogen and oxygen atoms in total. The van der Waals surface area contributed by atoms with E-state index in [4.69, 9.17) is 4.42 Å². The van der Waals surface area contributed by atoms with E-state index in [-0.39, 0.29) is 0 Å². The molecule has 0 radical (unpaired) electrons. The van der Waals surface area contributed by atoms with Gasteiger partial charge in [0, 0.05) is 9.26 Å². The molecule has 0 atom stereocenters. The van der Waals surface area contributed by atoms with Crippen LogP contribution in [0.25, 0.3) is 0 Å². The summed E-state index contributed by atoms with van der Waals surface area (Å²) >= 11 is 2.25. The van der Waals surface area contributed by atoms with Gasteiger partial charge in [-0.1, -0.05) is 11.2 Å². The number of rotatable bonds is 4. The van der Waals surface area contributed by atoms with E-state index in [1.165, 1.54) is 0 Å². The van der Waals surface area contributed by atoms with Gasteiger partial charge in [0.2, 0.25) is 5.89 Å². The maximum Gasteiger partial charge on any atom is 0.320 e. The van der Waals surface area contributed by atoms with Crippen molar-refractivity contribution in [3.63, 3.8) is 0 Å². The summed E-state index contributed by atoms with van der Waals surface area (Å²) in [5.74, 6) is 0.565. The fourth-order valence-electron chi connectivity index (χ4n) is 1.22. The molecule has 6 heteroatoms. The van der Waals surface area contributed by atoms with Gasteiger partial charge < -0.3 is 15.1 Å². The first-order valence-corrected chi connectivity index (χ1v) is 5.85. The van der Waals surface area contributed by atoms with E-state index < -0.39 is 0 Å². The molecule has 0 aliphatic heterocycles. The van der Waals surface area contributed by atoms with Crippen LogP contribution < -0.4 is 10.6 Å². The van der Waals surface area contributed by atoms with Gasteiger partial charge in [0.05, 0.1) is 6.54 Å². The number of aromatic nitrogens is 2. The highest BCUT2D eigenvalue weighted by Gasteiger charge is 2.04. The lowest BCUT2D eigenvalue weighted by molar-refractivity contribution is 0.493. The van der Waals surface area contributed by atoms with Crippen molar-refractivity contribution in [1.82, 2.24) is 15.5 Å². The van der Waals surface area contributed by atoms with E-state index >= 15 is 0 Å². The van der Waals surface area contributed by atoms with Crippen molar-refractivity contribution in [3.05, 3.63) is 33.7 Å². The van der Waals surface area contributed by atoms with Gasteiger partial charge >= 0.3 is 6.01 Å². The average molecular weight is 330 g/mol. The van der Waals surface area contributed by atoms with Crippen LogP contribution in [0.4, 0.5) is 11.7 Å². The number of halogens is 1. The highest BCUT2D eigenvalue weighted by atomic mass is 127. The van der Waals surface area contributed by atoms with Crippen molar-refractivity contribution >= 4 is 34.3 Å². The Morgan fingerprint density at radius 1 is 1.38 bits per heavy atom. The second-order valence-corrected chi connectivity index (χ2v) is 4.41. The van der Waals surface area contributed by atoms with Crippen LogP contribution in [0, 0.1) is 3.57 Å². The summed E-state index contributed by atoms with van der Waals surface area (Å²) in [4.78, 5) is 0. The topological polar surface area (TPSA) is 63.0 Å². The first kappa shape index (κ1) is 11.3. The Labute approximate surface area is 107 Å². The lowest BCUT2D eigenvalue weighted by Crippen LogP contribution is -2.04. The van der Waals surface area contributed by atoms with Crippen LogP contribution in [0.15, 0.2) is 28.7 Å². The number of hydrogen-bond acceptors (Lipinski definition) is 5. The summed E-state index contributed by atoms with van der Waals surface area (Å²) in [7, 11) is 1.83. The highest BCUT2D eigenvalue weighted by Crippen LogP contribution is 2.17. The summed E-state index contributed by atoms with van der Waals surface area (Å²) in [6.45, 7) is 0.570. The molecule has 0 spiro atoms. The molecule has 0 saturated carbocycles. The summed E-state index contributed by atoms with van der Waals surface area (Å²) in [6, 6.07) is 8.35. The molecule has 84 valence electrons. The molecule has 2 aromatic rings. The zero-order valence-electron chi connectivity index (χ0n) is 8.70. The van der Waals surface area contributed by atoms with Gasteiger partial charge in [-0.3, -0.25) is 0 Å². The van der Waals surface area contributed by atoms with E-state index in [0.29, 0.717) is 18.5 Å². The number of nitrogens with one attached hydrogen (secondary N) is 2. The summed E-state index contributed by atoms with van der Waals surface area (Å²) in [5.41, 5.74) is 0.937. The van der Waals surface area contributed by atoms with Crippen molar-refractivity contribution in [2.75, 3.05) is 12.4 Å². The largest absolute Gasteiger partial charge is 0.406 e. The predicted octanol–water partition coefficient (Wildman–Crippen LogP) is 2.14. The van der Waals surface area contributed by atoms with E-state index in [2.05, 4.69) is 43.4 Å². The van der Waals surface area contributed by atoms with Crippen LogP contribution in [0.3, 0.4) is 0 Å². The molecular weight excluding hydrogens is 319 g/mol. The molecule has 0 amide bonds. The van der Waals surface area contributed by atoms with Crippen molar-refractivity contribution in [1.29, 1.82) is 0 Å². The normalized spacial score (nSPS) is 10.4. The molecule has 0 unspecified atom stereocenters. The monoisotopic (exact) mass is 330 g/mol. The van der Waals surface area contributed by atoms with Gasteiger partial charge in [-0.15, -0.1) is 5.10 Å². The van der Waals surface area contributed by atoms with Crippen LogP contribution in [-0.4, -0.2) is 17.2 Å². The Kier molecular flexibility index (Phi) is 3.73. The molecule has 1 aromatic carbocycles. The summed E-state index contributed by atoms with van der Waals surface area (Å²) in [6.07, 6.45) is 0. The Bertz CT molecular complexity index is 471. The van der Waals surface area contributed by atoms with Crippen molar-refractivity contribution in [3.8, 4) is 0 Å². The highest BCUT2D eigenvalue weighted by molar-refractivity contribution is 14.1. The van der Waals surface area contributed by atoms with Crippen molar-refractivity contribution in [2.45, 2.75) is 6.54 Å². The fourth-order valence-corrected chi connectivity index (χ4v) is 1.76. The molecule has 2 N–H and O–H groups in total. The van der Waals surface area contributed by atoms with Gasteiger partial charge in [0.1, 0.15) is 0 Å². The summed E-state index contributed by atoms with van der Waals surface area (Å²) in [5, 5.41) is 13.8. The minimum atomic E-state index is 0.409. The Balaban J connectivity index is 2.08. The quantitative estimate of drug-likeness (QED) is 0.841. The van der Waals surface area contributed by atoms with Gasteiger partial charge in [0.15, 0.2) is 0 Å². The number of nitrogens with zero attached hydrogens (tertiary/aromatic N) is 2. The van der Waals surface area contributed by atoms with Crippen LogP contribution in [0.1, 0.15) is 5.89 Å². The van der Waals surface area contributed by atoms with Gasteiger partial charge in [-0.25, -0.2) is 0 Å². The SMILES string of the molecule is CNCc1nnc(Nc2cccc(I)c2)o1. The third kappa shape index (κ3) is 2.92. The summed E-state index contributed by atoms with van der Waals surface area (Å²) < 4.78 is 6.52. The van der Waals surface area contributed by atoms with Gasteiger partial charge in [-0.05, 0) is 47.8 Å². The number of benzene rings is 1. The number of hydrogen-bond donors (Lipinski definition) is 2. The maximum absolute atomic E-state index is 5.37. The third-order valence-corrected chi connectivity index (χ3v) is 2.54. The zero-order valence-corrected chi connectivity index (χ0v) is 10.9. The Morgan fingerprint density at radius 2 is 2.25 bits per heavy atom. The molecular formula is C10H11IN4O. The van der Waals surface area contributed by atoms with E-state index in [9.17, 15) is 0 Å². The molecule has 0 fully saturated rings. The molecule has 0 bridgehead atoms. The Hall–Kier alpha value is -1.15. The lowest BCUT2D eigenvalue weighted by Gasteiger charge is -2.00. The van der Waals surface area contributed by atoms with Crippen molar-refractivity contribution in [2.24, 2.45) is 0 Å². The van der Waals surface area contributed by atoms with Crippen LogP contribution in [0.5, 0.6) is 0 Å². The van der Waals surface area contributed by atoms with Gasteiger partial charge in [-0.2, -0.15) is 0 Å². The second-order valence-electron chi connectivity index (χ2n) is 3.17. The molecule has 1 heterocycles. The van der Waals surface area contributed by atoms with E-state index in [1.807, 2.05) is 31.3 Å². The molecule has 0 aliphatic carbocycles. The first-order valence-electron chi connectivity index (χ1n) is 4.77. The molecule has 0 aliphatic rings. The van der Waals surface area contributed by atoms with Crippen molar-refractivity contribution < 1.29 is 4.42 Å². The maximum atomic E-state index is 5.37. The standard InChI is InChI=1S/C10H11IN4O/c1-12-6-9-14-15-10(16-9)13-8-4-2-3-7(11)5-8/h2-5,12H,6H2,1H3,(H,13,15). The second kappa shape index (κ2) is 5.26. The minimum Gasteiger partial charge on any atom is -0.406 e. The van der Waals surface area contributed by atoms with Gasteiger partial charge in [0.25, 0.3) is 0 Å². The van der Waals surface area contributed by atoms with E-state index in [0.717, 1.165) is 9.26 Å². The molecule has 2 rings (SSSR count). The predicted molar refractivity (Wildman–Crippen MR) is 69.5 cm³/mol. The first-order chi connectivity index (χ1) is 7.78. The smallest absolute Gasteiger partial charge is 0.320 e. The van der Waals surface area contributed by atoms with E-state index in [1.54, 1.807) is 0 Å². The van der Waals surface area contributed by atoms with Crippen LogP contribution >= 0.6 is 22.6 Å².